The minimum absolute atomic E-state index is 0.0993. The molecule has 0 aliphatic heterocycles. The summed E-state index contributed by atoms with van der Waals surface area (Å²) in [6.45, 7) is 7.62. The maximum Gasteiger partial charge on any atom is 0.233 e. The van der Waals surface area contributed by atoms with Crippen LogP contribution in [0.1, 0.15) is 22.3 Å². The highest BCUT2D eigenvalue weighted by Gasteiger charge is 2.21. The summed E-state index contributed by atoms with van der Waals surface area (Å²) < 4.78 is 1.12. The molecule has 0 unspecified atom stereocenters. The zero-order valence-electron chi connectivity index (χ0n) is 16.7. The van der Waals surface area contributed by atoms with Crippen LogP contribution in [0, 0.1) is 20.8 Å². The normalized spacial score (nSPS) is 11.3. The van der Waals surface area contributed by atoms with E-state index in [0.717, 1.165) is 38.6 Å². The van der Waals surface area contributed by atoms with E-state index in [-0.39, 0.29) is 5.91 Å². The molecule has 27 heavy (non-hydrogen) atoms. The average molecular weight is 382 g/mol. The van der Waals surface area contributed by atoms with E-state index in [4.69, 9.17) is 4.98 Å². The number of carbonyl (C=O) groups is 1. The Bertz CT molecular complexity index is 961. The number of carbonyl (C=O) groups excluding carboxylic acids is 1. The lowest BCUT2D eigenvalue weighted by molar-refractivity contribution is -0.118. The van der Waals surface area contributed by atoms with E-state index in [1.807, 2.05) is 25.1 Å². The van der Waals surface area contributed by atoms with Crippen molar-refractivity contribution in [2.45, 2.75) is 27.2 Å². The van der Waals surface area contributed by atoms with Gasteiger partial charge in [0.1, 0.15) is 0 Å². The summed E-state index contributed by atoms with van der Waals surface area (Å²) in [6.07, 6.45) is 0.399. The van der Waals surface area contributed by atoms with Gasteiger partial charge in [-0.2, -0.15) is 0 Å². The number of likely N-dealkylation sites (N-methyl/N-ethyl adjacent to an activating group) is 1. The molecular weight excluding hydrogens is 354 g/mol. The number of para-hydroxylation sites is 1. The Balaban J connectivity index is 1.93. The number of benzene rings is 2. The third-order valence-corrected chi connectivity index (χ3v) is 5.80. The van der Waals surface area contributed by atoms with E-state index in [1.54, 1.807) is 11.3 Å². The van der Waals surface area contributed by atoms with Crippen molar-refractivity contribution >= 4 is 32.6 Å². The van der Waals surface area contributed by atoms with Gasteiger partial charge in [-0.1, -0.05) is 47.2 Å². The van der Waals surface area contributed by atoms with Crippen LogP contribution in [-0.4, -0.2) is 43.0 Å². The topological polar surface area (TPSA) is 36.4 Å². The maximum atomic E-state index is 13.2. The third kappa shape index (κ3) is 4.54. The number of nitrogens with zero attached hydrogens (tertiary/aromatic N) is 3. The van der Waals surface area contributed by atoms with Gasteiger partial charge in [0.2, 0.25) is 5.91 Å². The first-order valence-electron chi connectivity index (χ1n) is 9.22. The molecule has 0 saturated heterocycles. The molecule has 2 aromatic carbocycles. The maximum absolute atomic E-state index is 13.2. The van der Waals surface area contributed by atoms with Gasteiger partial charge in [0.05, 0.1) is 16.6 Å². The van der Waals surface area contributed by atoms with Crippen LogP contribution in [0.25, 0.3) is 10.2 Å². The van der Waals surface area contributed by atoms with Crippen LogP contribution in [0.5, 0.6) is 0 Å². The van der Waals surface area contributed by atoms with Crippen molar-refractivity contribution in [3.8, 4) is 0 Å². The first kappa shape index (κ1) is 19.5. The van der Waals surface area contributed by atoms with E-state index in [0.29, 0.717) is 13.0 Å². The van der Waals surface area contributed by atoms with Gasteiger partial charge in [-0.25, -0.2) is 4.98 Å². The standard InChI is InChI=1S/C22H27N3OS/c1-15-9-10-16(2)18(13-15)14-20(26)25(12-11-24(4)5)22-23-21-17(3)7-6-8-19(21)27-22/h6-10,13H,11-12,14H2,1-5H3. The quantitative estimate of drug-likeness (QED) is 0.637. The van der Waals surface area contributed by atoms with E-state index < -0.39 is 0 Å². The summed E-state index contributed by atoms with van der Waals surface area (Å²) in [5, 5.41) is 0.788. The number of fused-ring (bicyclic) bond motifs is 1. The fraction of sp³-hybridized carbons (Fsp3) is 0.364. The van der Waals surface area contributed by atoms with Crippen LogP contribution in [0.15, 0.2) is 36.4 Å². The summed E-state index contributed by atoms with van der Waals surface area (Å²) in [5.41, 5.74) is 5.56. The van der Waals surface area contributed by atoms with Crippen molar-refractivity contribution in [3.05, 3.63) is 58.7 Å². The molecule has 142 valence electrons. The van der Waals surface area contributed by atoms with Gasteiger partial charge in [-0.05, 0) is 57.6 Å². The highest BCUT2D eigenvalue weighted by molar-refractivity contribution is 7.22. The molecule has 1 amide bonds. The van der Waals surface area contributed by atoms with Crippen molar-refractivity contribution in [2.75, 3.05) is 32.1 Å². The summed E-state index contributed by atoms with van der Waals surface area (Å²) >= 11 is 1.59. The van der Waals surface area contributed by atoms with Crippen LogP contribution in [-0.2, 0) is 11.2 Å². The van der Waals surface area contributed by atoms with E-state index >= 15 is 0 Å². The Morgan fingerprint density at radius 2 is 1.81 bits per heavy atom. The molecule has 0 spiro atoms. The number of amides is 1. The molecule has 3 aromatic rings. The molecule has 0 aliphatic rings. The average Bonchev–Trinajstić information content (AvgIpc) is 3.03. The number of aromatic nitrogens is 1. The smallest absolute Gasteiger partial charge is 0.233 e. The molecule has 3 rings (SSSR count). The molecule has 0 atom stereocenters. The molecule has 1 aromatic heterocycles. The van der Waals surface area contributed by atoms with Crippen LogP contribution in [0.3, 0.4) is 0 Å². The van der Waals surface area contributed by atoms with Crippen LogP contribution < -0.4 is 4.90 Å². The lowest BCUT2D eigenvalue weighted by atomic mass is 10.0. The lowest BCUT2D eigenvalue weighted by Crippen LogP contribution is -2.37. The van der Waals surface area contributed by atoms with Crippen molar-refractivity contribution in [2.24, 2.45) is 0 Å². The molecule has 1 heterocycles. The van der Waals surface area contributed by atoms with E-state index in [9.17, 15) is 4.79 Å². The molecule has 4 nitrogen and oxygen atoms in total. The van der Waals surface area contributed by atoms with Crippen molar-refractivity contribution in [3.63, 3.8) is 0 Å². The second-order valence-corrected chi connectivity index (χ2v) is 8.38. The Morgan fingerprint density at radius 1 is 1.04 bits per heavy atom. The van der Waals surface area contributed by atoms with Crippen molar-refractivity contribution < 1.29 is 4.79 Å². The minimum atomic E-state index is 0.0993. The predicted octanol–water partition coefficient (Wildman–Crippen LogP) is 4.36. The predicted molar refractivity (Wildman–Crippen MR) is 115 cm³/mol. The first-order valence-corrected chi connectivity index (χ1v) is 10.0. The Hall–Kier alpha value is -2.24. The summed E-state index contributed by atoms with van der Waals surface area (Å²) in [7, 11) is 4.05. The number of aryl methyl sites for hydroxylation is 3. The summed E-state index contributed by atoms with van der Waals surface area (Å²) in [4.78, 5) is 22.0. The Morgan fingerprint density at radius 3 is 2.52 bits per heavy atom. The SMILES string of the molecule is Cc1ccc(C)c(CC(=O)N(CCN(C)C)c2nc3c(C)cccc3s2)c1. The van der Waals surface area contributed by atoms with E-state index in [2.05, 4.69) is 56.0 Å². The number of anilines is 1. The summed E-state index contributed by atoms with van der Waals surface area (Å²) in [5.74, 6) is 0.0993. The van der Waals surface area contributed by atoms with Crippen LogP contribution in [0.4, 0.5) is 5.13 Å². The van der Waals surface area contributed by atoms with Gasteiger partial charge in [-0.15, -0.1) is 0 Å². The molecular formula is C22H27N3OS. The van der Waals surface area contributed by atoms with Gasteiger partial charge < -0.3 is 4.90 Å². The van der Waals surface area contributed by atoms with Gasteiger partial charge >= 0.3 is 0 Å². The number of thiazole rings is 1. The molecule has 5 heteroatoms. The van der Waals surface area contributed by atoms with Gasteiger partial charge in [-0.3, -0.25) is 9.69 Å². The largest absolute Gasteiger partial charge is 0.308 e. The fourth-order valence-corrected chi connectivity index (χ4v) is 4.15. The zero-order chi connectivity index (χ0) is 19.6. The first-order chi connectivity index (χ1) is 12.8. The highest BCUT2D eigenvalue weighted by Crippen LogP contribution is 2.31. The zero-order valence-corrected chi connectivity index (χ0v) is 17.6. The second kappa shape index (κ2) is 8.19. The third-order valence-electron chi connectivity index (χ3n) is 4.76. The summed E-state index contributed by atoms with van der Waals surface area (Å²) in [6, 6.07) is 12.5. The second-order valence-electron chi connectivity index (χ2n) is 7.37. The molecule has 0 fully saturated rings. The number of hydrogen-bond donors (Lipinski definition) is 0. The van der Waals surface area contributed by atoms with Crippen molar-refractivity contribution in [1.29, 1.82) is 0 Å². The fourth-order valence-electron chi connectivity index (χ4n) is 3.07. The van der Waals surface area contributed by atoms with Crippen LogP contribution >= 0.6 is 11.3 Å². The molecule has 0 aliphatic carbocycles. The van der Waals surface area contributed by atoms with Crippen molar-refractivity contribution in [1.82, 2.24) is 9.88 Å². The van der Waals surface area contributed by atoms with Crippen LogP contribution in [0.2, 0.25) is 0 Å². The van der Waals surface area contributed by atoms with Gasteiger partial charge in [0, 0.05) is 13.1 Å². The highest BCUT2D eigenvalue weighted by atomic mass is 32.1. The number of rotatable bonds is 6. The van der Waals surface area contributed by atoms with Gasteiger partial charge in [0.25, 0.3) is 0 Å². The Kier molecular flexibility index (Phi) is 5.92. The molecule has 0 saturated carbocycles. The molecule has 0 N–H and O–H groups in total. The van der Waals surface area contributed by atoms with E-state index in [1.165, 1.54) is 5.56 Å². The lowest BCUT2D eigenvalue weighted by Gasteiger charge is -2.22. The molecule has 0 bridgehead atoms. The monoisotopic (exact) mass is 381 g/mol. The number of hydrogen-bond acceptors (Lipinski definition) is 4. The van der Waals surface area contributed by atoms with Gasteiger partial charge in [0.15, 0.2) is 5.13 Å². The Labute approximate surface area is 165 Å². The molecule has 0 radical (unpaired) electrons. The minimum Gasteiger partial charge on any atom is -0.308 e.